The molecular formula is C7H13NO. The highest BCUT2D eigenvalue weighted by Gasteiger charge is 2.05. The fourth-order valence-electron chi connectivity index (χ4n) is 0.898. The molecule has 0 saturated carbocycles. The van der Waals surface area contributed by atoms with E-state index in [1.54, 1.807) is 0 Å². The Hall–Kier alpha value is -0.340. The van der Waals surface area contributed by atoms with Gasteiger partial charge in [0.15, 0.2) is 0 Å². The number of hydrogen-bond donors (Lipinski definition) is 1. The van der Waals surface area contributed by atoms with Crippen LogP contribution < -0.4 is 5.32 Å². The van der Waals surface area contributed by atoms with Crippen LogP contribution in [0.5, 0.6) is 0 Å². The fraction of sp³-hybridized carbons (Fsp3) is 0.714. The minimum Gasteiger partial charge on any atom is -0.359 e. The van der Waals surface area contributed by atoms with E-state index in [4.69, 9.17) is 4.74 Å². The van der Waals surface area contributed by atoms with Crippen molar-refractivity contribution in [3.05, 3.63) is 12.2 Å². The van der Waals surface area contributed by atoms with Crippen molar-refractivity contribution in [3.63, 3.8) is 0 Å². The van der Waals surface area contributed by atoms with Gasteiger partial charge < -0.3 is 4.74 Å². The average molecular weight is 127 g/mol. The molecule has 0 bridgehead atoms. The lowest BCUT2D eigenvalue weighted by atomic mass is 10.3. The zero-order valence-electron chi connectivity index (χ0n) is 5.76. The summed E-state index contributed by atoms with van der Waals surface area (Å²) in [6.45, 7) is 3.83. The summed E-state index contributed by atoms with van der Waals surface area (Å²) in [6.07, 6.45) is 5.47. The maximum Gasteiger partial charge on any atom is 0.112 e. The number of ether oxygens (including phenoxy) is 1. The normalized spacial score (nSPS) is 26.6. The fourth-order valence-corrected chi connectivity index (χ4v) is 0.898. The Morgan fingerprint density at radius 1 is 1.67 bits per heavy atom. The summed E-state index contributed by atoms with van der Waals surface area (Å²) in [7, 11) is 0. The molecule has 1 aliphatic rings. The average Bonchev–Trinajstić information content (AvgIpc) is 1.91. The molecule has 52 valence electrons. The van der Waals surface area contributed by atoms with E-state index in [1.165, 1.54) is 0 Å². The van der Waals surface area contributed by atoms with Crippen LogP contribution >= 0.6 is 0 Å². The van der Waals surface area contributed by atoms with Crippen LogP contribution in [0, 0.1) is 0 Å². The van der Waals surface area contributed by atoms with Crippen LogP contribution in [-0.4, -0.2) is 19.4 Å². The molecule has 1 heterocycles. The van der Waals surface area contributed by atoms with Crippen molar-refractivity contribution in [2.45, 2.75) is 19.6 Å². The Bertz CT molecular complexity index is 101. The lowest BCUT2D eigenvalue weighted by Crippen LogP contribution is -2.32. The Morgan fingerprint density at radius 2 is 2.56 bits per heavy atom. The van der Waals surface area contributed by atoms with Gasteiger partial charge in [0.05, 0.1) is 6.61 Å². The van der Waals surface area contributed by atoms with Crippen LogP contribution in [-0.2, 0) is 4.74 Å². The van der Waals surface area contributed by atoms with E-state index in [0.29, 0.717) is 0 Å². The monoisotopic (exact) mass is 127 g/mol. The molecule has 1 unspecified atom stereocenters. The van der Waals surface area contributed by atoms with Gasteiger partial charge in [-0.25, -0.2) is 0 Å². The summed E-state index contributed by atoms with van der Waals surface area (Å²) in [5, 5.41) is 3.21. The van der Waals surface area contributed by atoms with Gasteiger partial charge in [-0.3, -0.25) is 5.32 Å². The first-order chi connectivity index (χ1) is 4.43. The number of nitrogens with one attached hydrogen (secondary N) is 1. The second-order valence-electron chi connectivity index (χ2n) is 2.09. The van der Waals surface area contributed by atoms with Crippen molar-refractivity contribution in [2.24, 2.45) is 0 Å². The van der Waals surface area contributed by atoms with Crippen LogP contribution in [0.3, 0.4) is 0 Å². The molecule has 2 nitrogen and oxygen atoms in total. The summed E-state index contributed by atoms with van der Waals surface area (Å²) in [6, 6.07) is 0. The first-order valence-corrected chi connectivity index (χ1v) is 3.43. The minimum absolute atomic E-state index is 0.264. The summed E-state index contributed by atoms with van der Waals surface area (Å²) in [5.74, 6) is 0. The molecule has 0 aliphatic carbocycles. The lowest BCUT2D eigenvalue weighted by Gasteiger charge is -2.18. The largest absolute Gasteiger partial charge is 0.359 e. The zero-order valence-corrected chi connectivity index (χ0v) is 5.76. The third-order valence-electron chi connectivity index (χ3n) is 1.34. The van der Waals surface area contributed by atoms with Crippen molar-refractivity contribution in [1.29, 1.82) is 0 Å². The van der Waals surface area contributed by atoms with Gasteiger partial charge >= 0.3 is 0 Å². The van der Waals surface area contributed by atoms with E-state index < -0.39 is 0 Å². The molecule has 1 N–H and O–H groups in total. The van der Waals surface area contributed by atoms with E-state index in [1.807, 2.05) is 6.08 Å². The van der Waals surface area contributed by atoms with Crippen molar-refractivity contribution in [3.8, 4) is 0 Å². The lowest BCUT2D eigenvalue weighted by molar-refractivity contribution is 0.0442. The van der Waals surface area contributed by atoms with Gasteiger partial charge in [-0.15, -0.1) is 0 Å². The van der Waals surface area contributed by atoms with Crippen LogP contribution in [0.2, 0.25) is 0 Å². The maximum atomic E-state index is 5.32. The van der Waals surface area contributed by atoms with E-state index in [0.717, 1.165) is 19.6 Å². The smallest absolute Gasteiger partial charge is 0.112 e. The van der Waals surface area contributed by atoms with E-state index in [-0.39, 0.29) is 6.23 Å². The van der Waals surface area contributed by atoms with Crippen LogP contribution in [0.1, 0.15) is 13.3 Å². The van der Waals surface area contributed by atoms with Gasteiger partial charge in [-0.05, 0) is 6.54 Å². The van der Waals surface area contributed by atoms with Crippen molar-refractivity contribution in [1.82, 2.24) is 5.32 Å². The van der Waals surface area contributed by atoms with E-state index in [9.17, 15) is 0 Å². The van der Waals surface area contributed by atoms with Crippen molar-refractivity contribution < 1.29 is 4.74 Å². The molecule has 2 heteroatoms. The highest BCUT2D eigenvalue weighted by atomic mass is 16.5. The molecule has 0 fully saturated rings. The molecule has 9 heavy (non-hydrogen) atoms. The van der Waals surface area contributed by atoms with Gasteiger partial charge in [0.25, 0.3) is 0 Å². The Balaban J connectivity index is 2.18. The standard InChI is InChI=1S/C7H13NO/c1-2-8-7-5-3-4-6-9-7/h3-4,7-8H,2,5-6H2,1H3. The maximum absolute atomic E-state index is 5.32. The van der Waals surface area contributed by atoms with E-state index >= 15 is 0 Å². The van der Waals surface area contributed by atoms with Crippen LogP contribution in [0.15, 0.2) is 12.2 Å². The molecular weight excluding hydrogens is 114 g/mol. The van der Waals surface area contributed by atoms with Gasteiger partial charge in [-0.2, -0.15) is 0 Å². The van der Waals surface area contributed by atoms with E-state index in [2.05, 4.69) is 18.3 Å². The molecule has 1 aliphatic heterocycles. The van der Waals surface area contributed by atoms with Gasteiger partial charge in [0.2, 0.25) is 0 Å². The molecule has 0 amide bonds. The zero-order chi connectivity index (χ0) is 6.53. The summed E-state index contributed by atoms with van der Waals surface area (Å²) in [4.78, 5) is 0. The molecule has 0 aromatic heterocycles. The minimum atomic E-state index is 0.264. The third-order valence-corrected chi connectivity index (χ3v) is 1.34. The Kier molecular flexibility index (Phi) is 2.74. The molecule has 0 aromatic carbocycles. The molecule has 0 radical (unpaired) electrons. The first-order valence-electron chi connectivity index (χ1n) is 3.43. The third kappa shape index (κ3) is 2.16. The molecule has 1 rings (SSSR count). The second kappa shape index (κ2) is 3.64. The Labute approximate surface area is 55.9 Å². The van der Waals surface area contributed by atoms with Gasteiger partial charge in [0, 0.05) is 6.42 Å². The molecule has 1 atom stereocenters. The molecule has 0 saturated heterocycles. The summed E-state index contributed by atoms with van der Waals surface area (Å²) < 4.78 is 5.32. The van der Waals surface area contributed by atoms with Crippen molar-refractivity contribution >= 4 is 0 Å². The highest BCUT2D eigenvalue weighted by Crippen LogP contribution is 2.01. The summed E-state index contributed by atoms with van der Waals surface area (Å²) in [5.41, 5.74) is 0. The molecule has 0 spiro atoms. The summed E-state index contributed by atoms with van der Waals surface area (Å²) >= 11 is 0. The predicted octanol–water partition coefficient (Wildman–Crippen LogP) is 0.899. The molecule has 0 aromatic rings. The van der Waals surface area contributed by atoms with Crippen LogP contribution in [0.25, 0.3) is 0 Å². The number of hydrogen-bond acceptors (Lipinski definition) is 2. The van der Waals surface area contributed by atoms with Crippen molar-refractivity contribution in [2.75, 3.05) is 13.2 Å². The van der Waals surface area contributed by atoms with Gasteiger partial charge in [0.1, 0.15) is 6.23 Å². The van der Waals surface area contributed by atoms with Crippen LogP contribution in [0.4, 0.5) is 0 Å². The number of rotatable bonds is 2. The second-order valence-corrected chi connectivity index (χ2v) is 2.09. The van der Waals surface area contributed by atoms with Gasteiger partial charge in [-0.1, -0.05) is 19.1 Å². The predicted molar refractivity (Wildman–Crippen MR) is 37.2 cm³/mol. The topological polar surface area (TPSA) is 21.3 Å². The quantitative estimate of drug-likeness (QED) is 0.556. The highest BCUT2D eigenvalue weighted by molar-refractivity contribution is 4.87. The Morgan fingerprint density at radius 3 is 3.11 bits per heavy atom. The first kappa shape index (κ1) is 6.78. The SMILES string of the molecule is CCNC1CC=CCO1.